The van der Waals surface area contributed by atoms with Crippen LogP contribution in [0.2, 0.25) is 0 Å². The second-order valence-electron chi connectivity index (χ2n) is 2.21. The van der Waals surface area contributed by atoms with Crippen LogP contribution in [-0.2, 0) is 6.54 Å². The number of ether oxygens (including phenoxy) is 1. The predicted molar refractivity (Wildman–Crippen MR) is 43.4 cm³/mol. The number of carboxylic acid groups (broad SMARTS) is 1. The first kappa shape index (κ1) is 9.24. The SMILES string of the molecule is COc1cc(CNC(=O)O)ncn1. The van der Waals surface area contributed by atoms with Crippen LogP contribution in [0.3, 0.4) is 0 Å². The van der Waals surface area contributed by atoms with Crippen LogP contribution in [0.4, 0.5) is 4.79 Å². The highest BCUT2D eigenvalue weighted by atomic mass is 16.5. The lowest BCUT2D eigenvalue weighted by atomic mass is 10.4. The van der Waals surface area contributed by atoms with Gasteiger partial charge >= 0.3 is 6.09 Å². The number of nitrogens with one attached hydrogen (secondary N) is 1. The molecule has 1 amide bonds. The molecule has 0 spiro atoms. The third-order valence-corrected chi connectivity index (χ3v) is 1.33. The summed E-state index contributed by atoms with van der Waals surface area (Å²) < 4.78 is 4.84. The zero-order chi connectivity index (χ0) is 9.68. The van der Waals surface area contributed by atoms with Crippen LogP contribution in [0.25, 0.3) is 0 Å². The van der Waals surface area contributed by atoms with Gasteiger partial charge in [-0.3, -0.25) is 0 Å². The molecule has 6 nitrogen and oxygen atoms in total. The van der Waals surface area contributed by atoms with Crippen LogP contribution < -0.4 is 10.1 Å². The van der Waals surface area contributed by atoms with Crippen molar-refractivity contribution in [2.24, 2.45) is 0 Å². The van der Waals surface area contributed by atoms with Gasteiger partial charge in [0, 0.05) is 6.07 Å². The van der Waals surface area contributed by atoms with Gasteiger partial charge in [-0.2, -0.15) is 0 Å². The van der Waals surface area contributed by atoms with Crippen LogP contribution in [0.5, 0.6) is 5.88 Å². The first-order valence-electron chi connectivity index (χ1n) is 3.54. The maximum absolute atomic E-state index is 10.1. The second kappa shape index (κ2) is 4.24. The number of hydrogen-bond acceptors (Lipinski definition) is 4. The summed E-state index contributed by atoms with van der Waals surface area (Å²) >= 11 is 0. The van der Waals surface area contributed by atoms with E-state index in [4.69, 9.17) is 9.84 Å². The van der Waals surface area contributed by atoms with Crippen molar-refractivity contribution >= 4 is 6.09 Å². The van der Waals surface area contributed by atoms with Crippen LogP contribution in [0.15, 0.2) is 12.4 Å². The Morgan fingerprint density at radius 3 is 3.08 bits per heavy atom. The molecule has 0 fully saturated rings. The largest absolute Gasteiger partial charge is 0.481 e. The van der Waals surface area contributed by atoms with E-state index < -0.39 is 6.09 Å². The summed E-state index contributed by atoms with van der Waals surface area (Å²) in [6, 6.07) is 1.57. The quantitative estimate of drug-likeness (QED) is 0.701. The van der Waals surface area contributed by atoms with Crippen LogP contribution >= 0.6 is 0 Å². The molecule has 1 aromatic heterocycles. The smallest absolute Gasteiger partial charge is 0.404 e. The Labute approximate surface area is 74.6 Å². The molecule has 0 saturated carbocycles. The topological polar surface area (TPSA) is 84.3 Å². The van der Waals surface area contributed by atoms with Crippen LogP contribution in [0.1, 0.15) is 5.69 Å². The Morgan fingerprint density at radius 1 is 1.69 bits per heavy atom. The van der Waals surface area contributed by atoms with Crippen molar-refractivity contribution < 1.29 is 14.6 Å². The Morgan fingerprint density at radius 2 is 2.46 bits per heavy atom. The van der Waals surface area contributed by atoms with E-state index in [9.17, 15) is 4.79 Å². The summed E-state index contributed by atoms with van der Waals surface area (Å²) in [6.45, 7) is 0.147. The standard InChI is InChI=1S/C7H9N3O3/c1-13-6-2-5(9-4-10-6)3-8-7(11)12/h2,4,8H,3H2,1H3,(H,11,12). The number of nitrogens with zero attached hydrogens (tertiary/aromatic N) is 2. The van der Waals surface area contributed by atoms with Crippen LogP contribution in [0, 0.1) is 0 Å². The summed E-state index contributed by atoms with van der Waals surface area (Å²) in [5, 5.41) is 10.5. The summed E-state index contributed by atoms with van der Waals surface area (Å²) in [6.07, 6.45) is 0.232. The number of carbonyl (C=O) groups is 1. The molecule has 2 N–H and O–H groups in total. The lowest BCUT2D eigenvalue weighted by Crippen LogP contribution is -2.20. The van der Waals surface area contributed by atoms with E-state index in [1.807, 2.05) is 0 Å². The molecular weight excluding hydrogens is 174 g/mol. The van der Waals surface area contributed by atoms with Crippen molar-refractivity contribution in [2.45, 2.75) is 6.54 Å². The van der Waals surface area contributed by atoms with Crippen molar-refractivity contribution in [3.8, 4) is 5.88 Å². The van der Waals surface area contributed by atoms with E-state index in [-0.39, 0.29) is 6.54 Å². The summed E-state index contributed by atoms with van der Waals surface area (Å²) in [4.78, 5) is 17.8. The third kappa shape index (κ3) is 2.94. The van der Waals surface area contributed by atoms with Gasteiger partial charge in [0.25, 0.3) is 0 Å². The van der Waals surface area contributed by atoms with E-state index in [1.165, 1.54) is 13.4 Å². The molecule has 1 rings (SSSR count). The average molecular weight is 183 g/mol. The van der Waals surface area contributed by atoms with E-state index in [1.54, 1.807) is 6.07 Å². The number of rotatable bonds is 3. The van der Waals surface area contributed by atoms with E-state index >= 15 is 0 Å². The zero-order valence-corrected chi connectivity index (χ0v) is 7.02. The molecule has 0 atom stereocenters. The van der Waals surface area contributed by atoms with E-state index in [0.717, 1.165) is 0 Å². The van der Waals surface area contributed by atoms with Gasteiger partial charge in [-0.15, -0.1) is 0 Å². The number of methoxy groups -OCH3 is 1. The molecule has 0 aromatic carbocycles. The predicted octanol–water partition coefficient (Wildman–Crippen LogP) is 0.253. The molecular formula is C7H9N3O3. The zero-order valence-electron chi connectivity index (χ0n) is 7.02. The molecule has 0 unspecified atom stereocenters. The molecule has 0 aliphatic heterocycles. The Hall–Kier alpha value is -1.85. The van der Waals surface area contributed by atoms with Gasteiger partial charge in [0.1, 0.15) is 6.33 Å². The van der Waals surface area contributed by atoms with Crippen LogP contribution in [-0.4, -0.2) is 28.3 Å². The Bertz CT molecular complexity index is 303. The Kier molecular flexibility index (Phi) is 3.02. The number of amides is 1. The normalized spacial score (nSPS) is 9.31. The van der Waals surface area contributed by atoms with Gasteiger partial charge in [0.05, 0.1) is 19.3 Å². The fourth-order valence-corrected chi connectivity index (χ4v) is 0.751. The van der Waals surface area contributed by atoms with E-state index in [0.29, 0.717) is 11.6 Å². The molecule has 13 heavy (non-hydrogen) atoms. The third-order valence-electron chi connectivity index (χ3n) is 1.33. The number of aromatic nitrogens is 2. The maximum Gasteiger partial charge on any atom is 0.404 e. The lowest BCUT2D eigenvalue weighted by molar-refractivity contribution is 0.193. The lowest BCUT2D eigenvalue weighted by Gasteiger charge is -2.01. The second-order valence-corrected chi connectivity index (χ2v) is 2.21. The van der Waals surface area contributed by atoms with Crippen molar-refractivity contribution in [3.05, 3.63) is 18.1 Å². The number of hydrogen-bond donors (Lipinski definition) is 2. The molecule has 0 bridgehead atoms. The van der Waals surface area contributed by atoms with E-state index in [2.05, 4.69) is 15.3 Å². The molecule has 70 valence electrons. The van der Waals surface area contributed by atoms with Crippen molar-refractivity contribution in [3.63, 3.8) is 0 Å². The van der Waals surface area contributed by atoms with Crippen molar-refractivity contribution in [1.82, 2.24) is 15.3 Å². The highest BCUT2D eigenvalue weighted by Crippen LogP contribution is 2.04. The van der Waals surface area contributed by atoms with Gasteiger partial charge in [-0.1, -0.05) is 0 Å². The monoisotopic (exact) mass is 183 g/mol. The fourth-order valence-electron chi connectivity index (χ4n) is 0.751. The minimum absolute atomic E-state index is 0.147. The summed E-state index contributed by atoms with van der Waals surface area (Å²) in [5.41, 5.74) is 0.564. The van der Waals surface area contributed by atoms with Crippen molar-refractivity contribution in [2.75, 3.05) is 7.11 Å². The summed E-state index contributed by atoms with van der Waals surface area (Å²) in [7, 11) is 1.48. The average Bonchev–Trinajstić information content (AvgIpc) is 2.15. The highest BCUT2D eigenvalue weighted by Gasteiger charge is 1.99. The molecule has 1 heterocycles. The minimum Gasteiger partial charge on any atom is -0.481 e. The van der Waals surface area contributed by atoms with Gasteiger partial charge in [0.15, 0.2) is 0 Å². The molecule has 6 heteroatoms. The maximum atomic E-state index is 10.1. The first-order valence-corrected chi connectivity index (χ1v) is 3.54. The van der Waals surface area contributed by atoms with Gasteiger partial charge in [-0.25, -0.2) is 14.8 Å². The van der Waals surface area contributed by atoms with Gasteiger partial charge < -0.3 is 15.2 Å². The molecule has 1 aromatic rings. The van der Waals surface area contributed by atoms with Gasteiger partial charge in [-0.05, 0) is 0 Å². The van der Waals surface area contributed by atoms with Crippen molar-refractivity contribution in [1.29, 1.82) is 0 Å². The molecule has 0 aliphatic rings. The Balaban J connectivity index is 2.61. The first-order chi connectivity index (χ1) is 6.22. The minimum atomic E-state index is -1.09. The molecule has 0 saturated heterocycles. The molecule has 0 aliphatic carbocycles. The summed E-state index contributed by atoms with van der Waals surface area (Å²) in [5.74, 6) is 0.414. The van der Waals surface area contributed by atoms with Gasteiger partial charge in [0.2, 0.25) is 5.88 Å². The molecule has 0 radical (unpaired) electrons. The fraction of sp³-hybridized carbons (Fsp3) is 0.286. The highest BCUT2D eigenvalue weighted by molar-refractivity contribution is 5.64.